The van der Waals surface area contributed by atoms with Gasteiger partial charge in [-0.25, -0.2) is 4.68 Å². The number of rotatable bonds is 6. The summed E-state index contributed by atoms with van der Waals surface area (Å²) in [6.45, 7) is 3.97. The third kappa shape index (κ3) is 4.48. The SMILES string of the molecule is COc1cccc(-c2nn(-c3ccc(C)cc3)cc2C(=O)NC(C)c2cccnc2)c1. The van der Waals surface area contributed by atoms with Gasteiger partial charge in [0.25, 0.3) is 5.91 Å². The molecule has 0 bridgehead atoms. The van der Waals surface area contributed by atoms with Crippen molar-refractivity contribution in [2.75, 3.05) is 7.11 Å². The zero-order valence-electron chi connectivity index (χ0n) is 17.7. The molecule has 6 nitrogen and oxygen atoms in total. The van der Waals surface area contributed by atoms with Gasteiger partial charge in [0.05, 0.1) is 24.4 Å². The van der Waals surface area contributed by atoms with Crippen molar-refractivity contribution >= 4 is 5.91 Å². The minimum absolute atomic E-state index is 0.193. The lowest BCUT2D eigenvalue weighted by molar-refractivity contribution is 0.0940. The summed E-state index contributed by atoms with van der Waals surface area (Å²) in [6.07, 6.45) is 5.24. The van der Waals surface area contributed by atoms with Crippen LogP contribution in [-0.2, 0) is 0 Å². The van der Waals surface area contributed by atoms with Gasteiger partial charge in [0.2, 0.25) is 0 Å². The molecule has 6 heteroatoms. The van der Waals surface area contributed by atoms with E-state index in [1.807, 2.05) is 74.5 Å². The molecule has 4 aromatic rings. The largest absolute Gasteiger partial charge is 0.497 e. The number of carbonyl (C=O) groups excluding carboxylic acids is 1. The monoisotopic (exact) mass is 412 g/mol. The number of benzene rings is 2. The number of aryl methyl sites for hydroxylation is 1. The Hall–Kier alpha value is -3.93. The summed E-state index contributed by atoms with van der Waals surface area (Å²) in [4.78, 5) is 17.4. The number of methoxy groups -OCH3 is 1. The van der Waals surface area contributed by atoms with Crippen LogP contribution in [0.25, 0.3) is 16.9 Å². The van der Waals surface area contributed by atoms with E-state index in [0.29, 0.717) is 17.0 Å². The fraction of sp³-hybridized carbons (Fsp3) is 0.160. The van der Waals surface area contributed by atoms with Crippen molar-refractivity contribution in [3.63, 3.8) is 0 Å². The molecule has 31 heavy (non-hydrogen) atoms. The van der Waals surface area contributed by atoms with Crippen molar-refractivity contribution in [2.24, 2.45) is 0 Å². The predicted octanol–water partition coefficient (Wildman–Crippen LogP) is 4.74. The standard InChI is InChI=1S/C25H24N4O2/c1-17-9-11-21(12-10-17)29-16-23(24(28-29)19-6-4-8-22(14-19)31-3)25(30)27-18(2)20-7-5-13-26-15-20/h4-16,18H,1-3H3,(H,27,30). The van der Waals surface area contributed by atoms with Gasteiger partial charge in [-0.15, -0.1) is 0 Å². The number of hydrogen-bond donors (Lipinski definition) is 1. The Morgan fingerprint density at radius 1 is 1.10 bits per heavy atom. The topological polar surface area (TPSA) is 69.0 Å². The van der Waals surface area contributed by atoms with Crippen LogP contribution in [0.5, 0.6) is 5.75 Å². The molecule has 0 aliphatic heterocycles. The molecule has 1 amide bonds. The maximum atomic E-state index is 13.3. The Kier molecular flexibility index (Phi) is 5.80. The summed E-state index contributed by atoms with van der Waals surface area (Å²) >= 11 is 0. The average Bonchev–Trinajstić information content (AvgIpc) is 3.26. The summed E-state index contributed by atoms with van der Waals surface area (Å²) in [5.74, 6) is 0.505. The summed E-state index contributed by atoms with van der Waals surface area (Å²) in [5.41, 5.74) is 4.87. The van der Waals surface area contributed by atoms with E-state index in [1.165, 1.54) is 0 Å². The van der Waals surface area contributed by atoms with Crippen LogP contribution in [0, 0.1) is 6.92 Å². The zero-order chi connectivity index (χ0) is 21.8. The van der Waals surface area contributed by atoms with Crippen molar-refractivity contribution in [3.05, 3.63) is 95.9 Å². The van der Waals surface area contributed by atoms with Gasteiger partial charge in [-0.2, -0.15) is 5.10 Å². The van der Waals surface area contributed by atoms with Crippen LogP contribution in [0.3, 0.4) is 0 Å². The molecule has 156 valence electrons. The molecule has 0 saturated heterocycles. The molecular formula is C25H24N4O2. The second-order valence-corrected chi connectivity index (χ2v) is 7.38. The van der Waals surface area contributed by atoms with Crippen LogP contribution in [0.15, 0.2) is 79.3 Å². The van der Waals surface area contributed by atoms with Crippen molar-refractivity contribution in [1.82, 2.24) is 20.1 Å². The molecule has 0 aliphatic rings. The summed E-state index contributed by atoms with van der Waals surface area (Å²) < 4.78 is 7.10. The minimum Gasteiger partial charge on any atom is -0.497 e. The van der Waals surface area contributed by atoms with Crippen molar-refractivity contribution < 1.29 is 9.53 Å². The Labute approximate surface area is 181 Å². The van der Waals surface area contributed by atoms with E-state index in [1.54, 1.807) is 30.4 Å². The normalized spacial score (nSPS) is 11.7. The molecule has 1 N–H and O–H groups in total. The van der Waals surface area contributed by atoms with Gasteiger partial charge in [0.1, 0.15) is 11.4 Å². The first-order valence-electron chi connectivity index (χ1n) is 10.1. The fourth-order valence-corrected chi connectivity index (χ4v) is 3.34. The molecule has 0 spiro atoms. The highest BCUT2D eigenvalue weighted by molar-refractivity contribution is 6.00. The molecule has 0 radical (unpaired) electrons. The maximum absolute atomic E-state index is 13.3. The van der Waals surface area contributed by atoms with E-state index >= 15 is 0 Å². The van der Waals surface area contributed by atoms with Crippen LogP contribution >= 0.6 is 0 Å². The molecule has 1 unspecified atom stereocenters. The number of hydrogen-bond acceptors (Lipinski definition) is 4. The first-order valence-corrected chi connectivity index (χ1v) is 10.1. The fourth-order valence-electron chi connectivity index (χ4n) is 3.34. The minimum atomic E-state index is -0.201. The lowest BCUT2D eigenvalue weighted by Gasteiger charge is -2.13. The number of carbonyl (C=O) groups is 1. The summed E-state index contributed by atoms with van der Waals surface area (Å²) in [6, 6.07) is 19.2. The summed E-state index contributed by atoms with van der Waals surface area (Å²) in [7, 11) is 1.62. The maximum Gasteiger partial charge on any atom is 0.255 e. The third-order valence-corrected chi connectivity index (χ3v) is 5.13. The van der Waals surface area contributed by atoms with Gasteiger partial charge in [-0.1, -0.05) is 35.9 Å². The molecule has 0 fully saturated rings. The van der Waals surface area contributed by atoms with Crippen LogP contribution in [0.4, 0.5) is 0 Å². The van der Waals surface area contributed by atoms with Crippen LogP contribution in [0.2, 0.25) is 0 Å². The van der Waals surface area contributed by atoms with E-state index in [-0.39, 0.29) is 11.9 Å². The molecule has 2 aromatic heterocycles. The molecule has 1 atom stereocenters. The van der Waals surface area contributed by atoms with E-state index < -0.39 is 0 Å². The smallest absolute Gasteiger partial charge is 0.255 e. The quantitative estimate of drug-likeness (QED) is 0.497. The Balaban J connectivity index is 1.73. The van der Waals surface area contributed by atoms with E-state index in [2.05, 4.69) is 10.3 Å². The highest BCUT2D eigenvalue weighted by Gasteiger charge is 2.21. The zero-order valence-corrected chi connectivity index (χ0v) is 17.7. The van der Waals surface area contributed by atoms with E-state index in [9.17, 15) is 4.79 Å². The Morgan fingerprint density at radius 2 is 1.90 bits per heavy atom. The Bertz CT molecular complexity index is 1180. The van der Waals surface area contributed by atoms with Crippen LogP contribution < -0.4 is 10.1 Å². The molecule has 0 aliphatic carbocycles. The first-order chi connectivity index (χ1) is 15.0. The predicted molar refractivity (Wildman–Crippen MR) is 120 cm³/mol. The lowest BCUT2D eigenvalue weighted by Crippen LogP contribution is -2.26. The molecular weight excluding hydrogens is 388 g/mol. The molecule has 0 saturated carbocycles. The van der Waals surface area contributed by atoms with E-state index in [4.69, 9.17) is 9.84 Å². The van der Waals surface area contributed by atoms with Gasteiger partial charge in [-0.3, -0.25) is 9.78 Å². The van der Waals surface area contributed by atoms with Gasteiger partial charge < -0.3 is 10.1 Å². The highest BCUT2D eigenvalue weighted by atomic mass is 16.5. The molecule has 2 aromatic carbocycles. The van der Waals surface area contributed by atoms with Gasteiger partial charge in [-0.05, 0) is 49.7 Å². The number of nitrogens with zero attached hydrogens (tertiary/aromatic N) is 3. The second kappa shape index (κ2) is 8.83. The number of amides is 1. The van der Waals surface area contributed by atoms with Gasteiger partial charge >= 0.3 is 0 Å². The van der Waals surface area contributed by atoms with Crippen molar-refractivity contribution in [3.8, 4) is 22.7 Å². The average molecular weight is 412 g/mol. The number of ether oxygens (including phenoxy) is 1. The van der Waals surface area contributed by atoms with Gasteiger partial charge in [0.15, 0.2) is 0 Å². The first kappa shape index (κ1) is 20.3. The van der Waals surface area contributed by atoms with Crippen LogP contribution in [0.1, 0.15) is 34.5 Å². The Morgan fingerprint density at radius 3 is 2.61 bits per heavy atom. The van der Waals surface area contributed by atoms with Crippen molar-refractivity contribution in [2.45, 2.75) is 19.9 Å². The summed E-state index contributed by atoms with van der Waals surface area (Å²) in [5, 5.41) is 7.81. The number of nitrogens with one attached hydrogen (secondary N) is 1. The van der Waals surface area contributed by atoms with Crippen molar-refractivity contribution in [1.29, 1.82) is 0 Å². The lowest BCUT2D eigenvalue weighted by atomic mass is 10.1. The molecule has 2 heterocycles. The number of pyridine rings is 1. The second-order valence-electron chi connectivity index (χ2n) is 7.38. The third-order valence-electron chi connectivity index (χ3n) is 5.13. The molecule has 4 rings (SSSR count). The highest BCUT2D eigenvalue weighted by Crippen LogP contribution is 2.27. The number of aromatic nitrogens is 3. The van der Waals surface area contributed by atoms with Gasteiger partial charge in [0, 0.05) is 24.2 Å². The van der Waals surface area contributed by atoms with E-state index in [0.717, 1.165) is 22.4 Å². The van der Waals surface area contributed by atoms with Crippen LogP contribution in [-0.4, -0.2) is 27.8 Å².